The van der Waals surface area contributed by atoms with Crippen LogP contribution in [0.4, 0.5) is 4.79 Å². The first-order chi connectivity index (χ1) is 12.0. The molecule has 25 heavy (non-hydrogen) atoms. The summed E-state index contributed by atoms with van der Waals surface area (Å²) in [6.45, 7) is 2.06. The minimum atomic E-state index is -0.687. The van der Waals surface area contributed by atoms with E-state index in [1.165, 1.54) is 21.3 Å². The summed E-state index contributed by atoms with van der Waals surface area (Å²) in [6.07, 6.45) is 0. The molecule has 1 aromatic rings. The number of carbonyl (C=O) groups is 2. The first kappa shape index (κ1) is 18.6. The van der Waals surface area contributed by atoms with E-state index in [2.05, 4.69) is 10.6 Å². The van der Waals surface area contributed by atoms with Crippen LogP contribution in [-0.4, -0.2) is 46.5 Å². The zero-order chi connectivity index (χ0) is 18.4. The third kappa shape index (κ3) is 4.42. The molecule has 8 nitrogen and oxygen atoms in total. The van der Waals surface area contributed by atoms with Crippen LogP contribution in [0.1, 0.15) is 18.5 Å². The van der Waals surface area contributed by atoms with Crippen molar-refractivity contribution in [3.05, 3.63) is 35.0 Å². The second kappa shape index (κ2) is 8.39. The van der Waals surface area contributed by atoms with Crippen LogP contribution in [0.5, 0.6) is 11.5 Å². The predicted molar refractivity (Wildman–Crippen MR) is 89.5 cm³/mol. The van der Waals surface area contributed by atoms with E-state index in [0.29, 0.717) is 28.3 Å². The normalized spacial score (nSPS) is 16.8. The highest BCUT2D eigenvalue weighted by Gasteiger charge is 2.32. The first-order valence-corrected chi connectivity index (χ1v) is 7.67. The summed E-state index contributed by atoms with van der Waals surface area (Å²) < 4.78 is 20.6. The number of hydrogen-bond acceptors (Lipinski definition) is 6. The lowest BCUT2D eigenvalue weighted by Gasteiger charge is -2.28. The van der Waals surface area contributed by atoms with E-state index in [0.717, 1.165) is 0 Å². The summed E-state index contributed by atoms with van der Waals surface area (Å²) >= 11 is 0. The number of benzene rings is 1. The maximum Gasteiger partial charge on any atom is 0.338 e. The van der Waals surface area contributed by atoms with Crippen molar-refractivity contribution in [2.75, 3.05) is 34.5 Å². The van der Waals surface area contributed by atoms with E-state index < -0.39 is 18.0 Å². The number of amides is 2. The van der Waals surface area contributed by atoms with Crippen LogP contribution in [0.15, 0.2) is 29.5 Å². The summed E-state index contributed by atoms with van der Waals surface area (Å²) in [7, 11) is 4.58. The van der Waals surface area contributed by atoms with Gasteiger partial charge in [0.15, 0.2) is 0 Å². The van der Waals surface area contributed by atoms with E-state index in [4.69, 9.17) is 18.9 Å². The van der Waals surface area contributed by atoms with E-state index >= 15 is 0 Å². The minimum absolute atomic E-state index is 0.119. The molecule has 0 aromatic heterocycles. The second-order valence-electron chi connectivity index (χ2n) is 5.34. The van der Waals surface area contributed by atoms with Crippen molar-refractivity contribution in [2.24, 2.45) is 0 Å². The van der Waals surface area contributed by atoms with Crippen LogP contribution < -0.4 is 20.1 Å². The van der Waals surface area contributed by atoms with Gasteiger partial charge in [-0.05, 0) is 24.6 Å². The van der Waals surface area contributed by atoms with E-state index in [-0.39, 0.29) is 13.2 Å². The van der Waals surface area contributed by atoms with Gasteiger partial charge in [0.05, 0.1) is 32.4 Å². The molecule has 136 valence electrons. The first-order valence-electron chi connectivity index (χ1n) is 7.67. The third-order valence-corrected chi connectivity index (χ3v) is 3.72. The molecule has 1 heterocycles. The molecule has 1 aliphatic rings. The van der Waals surface area contributed by atoms with Gasteiger partial charge in [0, 0.05) is 18.9 Å². The second-order valence-corrected chi connectivity index (χ2v) is 5.34. The lowest BCUT2D eigenvalue weighted by molar-refractivity contribution is -0.140. The molecule has 2 N–H and O–H groups in total. The van der Waals surface area contributed by atoms with Crippen molar-refractivity contribution in [1.82, 2.24) is 10.6 Å². The highest BCUT2D eigenvalue weighted by Crippen LogP contribution is 2.32. The quantitative estimate of drug-likeness (QED) is 0.572. The van der Waals surface area contributed by atoms with Gasteiger partial charge in [0.25, 0.3) is 0 Å². The zero-order valence-corrected chi connectivity index (χ0v) is 14.7. The van der Waals surface area contributed by atoms with Crippen LogP contribution in [0, 0.1) is 0 Å². The Labute approximate surface area is 146 Å². The molecule has 2 amide bonds. The van der Waals surface area contributed by atoms with Crippen molar-refractivity contribution < 1.29 is 28.5 Å². The largest absolute Gasteiger partial charge is 0.497 e. The summed E-state index contributed by atoms with van der Waals surface area (Å²) in [5.74, 6) is 0.563. The number of urea groups is 1. The molecular formula is C17H22N2O6. The third-order valence-electron chi connectivity index (χ3n) is 3.72. The standard InChI is InChI=1S/C17H22N2O6/c1-10-14(16(20)25-6-5-22-2)15(19-17(21)18-10)11-7-12(23-3)9-13(8-11)24-4/h7-9,15H,5-6H2,1-4H3,(H2,18,19,21)/t15-/m1/s1. The van der Waals surface area contributed by atoms with E-state index in [1.807, 2.05) is 0 Å². The van der Waals surface area contributed by atoms with Gasteiger partial charge in [-0.1, -0.05) is 0 Å². The van der Waals surface area contributed by atoms with Gasteiger partial charge in [-0.2, -0.15) is 0 Å². The van der Waals surface area contributed by atoms with Crippen LogP contribution in [0.2, 0.25) is 0 Å². The molecule has 0 aliphatic carbocycles. The number of methoxy groups -OCH3 is 3. The molecule has 0 saturated heterocycles. The van der Waals surface area contributed by atoms with E-state index in [9.17, 15) is 9.59 Å². The molecule has 1 aliphatic heterocycles. The van der Waals surface area contributed by atoms with E-state index in [1.54, 1.807) is 25.1 Å². The molecule has 0 spiro atoms. The van der Waals surface area contributed by atoms with Crippen LogP contribution in [0.25, 0.3) is 0 Å². The Morgan fingerprint density at radius 2 is 1.72 bits per heavy atom. The number of esters is 1. The summed E-state index contributed by atoms with van der Waals surface area (Å²) in [5.41, 5.74) is 1.38. The highest BCUT2D eigenvalue weighted by atomic mass is 16.6. The Morgan fingerprint density at radius 1 is 1.08 bits per heavy atom. The topological polar surface area (TPSA) is 95.1 Å². The Kier molecular flexibility index (Phi) is 6.24. The number of ether oxygens (including phenoxy) is 4. The fourth-order valence-electron chi connectivity index (χ4n) is 2.51. The number of rotatable bonds is 7. The number of nitrogens with one attached hydrogen (secondary N) is 2. The van der Waals surface area contributed by atoms with Crippen molar-refractivity contribution in [3.8, 4) is 11.5 Å². The average molecular weight is 350 g/mol. The molecule has 0 radical (unpaired) electrons. The van der Waals surface area contributed by atoms with Crippen LogP contribution in [0.3, 0.4) is 0 Å². The Bertz CT molecular complexity index is 663. The van der Waals surface area contributed by atoms with Crippen molar-refractivity contribution in [3.63, 3.8) is 0 Å². The number of carbonyl (C=O) groups excluding carboxylic acids is 2. The highest BCUT2D eigenvalue weighted by molar-refractivity contribution is 5.95. The maximum absolute atomic E-state index is 12.5. The Balaban J connectivity index is 2.40. The monoisotopic (exact) mass is 350 g/mol. The van der Waals surface area contributed by atoms with Gasteiger partial charge in [-0.3, -0.25) is 0 Å². The minimum Gasteiger partial charge on any atom is -0.497 e. The molecule has 0 bridgehead atoms. The fourth-order valence-corrected chi connectivity index (χ4v) is 2.51. The van der Waals surface area contributed by atoms with Gasteiger partial charge in [-0.15, -0.1) is 0 Å². The average Bonchev–Trinajstić information content (AvgIpc) is 2.60. The van der Waals surface area contributed by atoms with Crippen molar-refractivity contribution >= 4 is 12.0 Å². The SMILES string of the molecule is COCCOC(=O)C1=C(C)NC(=O)N[C@@H]1c1cc(OC)cc(OC)c1. The fraction of sp³-hybridized carbons (Fsp3) is 0.412. The van der Waals surface area contributed by atoms with Crippen LogP contribution in [-0.2, 0) is 14.3 Å². The molecule has 0 fully saturated rings. The zero-order valence-electron chi connectivity index (χ0n) is 14.7. The molecule has 2 rings (SSSR count). The van der Waals surface area contributed by atoms with Gasteiger partial charge in [0.2, 0.25) is 0 Å². The molecule has 0 unspecified atom stereocenters. The smallest absolute Gasteiger partial charge is 0.338 e. The molecule has 1 atom stereocenters. The van der Waals surface area contributed by atoms with Gasteiger partial charge < -0.3 is 29.6 Å². The van der Waals surface area contributed by atoms with Crippen LogP contribution >= 0.6 is 0 Å². The predicted octanol–water partition coefficient (Wildman–Crippen LogP) is 1.52. The summed E-state index contributed by atoms with van der Waals surface area (Å²) in [5, 5.41) is 5.33. The number of allylic oxidation sites excluding steroid dienone is 1. The number of hydrogen-bond donors (Lipinski definition) is 2. The van der Waals surface area contributed by atoms with Gasteiger partial charge in [-0.25, -0.2) is 9.59 Å². The van der Waals surface area contributed by atoms with Gasteiger partial charge in [0.1, 0.15) is 18.1 Å². The molecule has 1 aromatic carbocycles. The Hall–Kier alpha value is -2.74. The molecule has 0 saturated carbocycles. The summed E-state index contributed by atoms with van der Waals surface area (Å²) in [4.78, 5) is 24.4. The van der Waals surface area contributed by atoms with Gasteiger partial charge >= 0.3 is 12.0 Å². The molecule has 8 heteroatoms. The summed E-state index contributed by atoms with van der Waals surface area (Å²) in [6, 6.07) is 4.08. The van der Waals surface area contributed by atoms with Crippen molar-refractivity contribution in [2.45, 2.75) is 13.0 Å². The van der Waals surface area contributed by atoms with Crippen molar-refractivity contribution in [1.29, 1.82) is 0 Å². The lowest BCUT2D eigenvalue weighted by atomic mass is 9.95. The molecular weight excluding hydrogens is 328 g/mol. The Morgan fingerprint density at radius 3 is 2.28 bits per heavy atom. The lowest BCUT2D eigenvalue weighted by Crippen LogP contribution is -2.45. The maximum atomic E-state index is 12.5.